The molecule has 0 spiro atoms. The molecule has 0 unspecified atom stereocenters. The average molecular weight is 232 g/mol. The van der Waals surface area contributed by atoms with E-state index in [-0.39, 0.29) is 6.29 Å². The van der Waals surface area contributed by atoms with Gasteiger partial charge in [0.2, 0.25) is 0 Å². The third kappa shape index (κ3) is 5.42. The summed E-state index contributed by atoms with van der Waals surface area (Å²) in [5.74, 6) is -2.96. The molecule has 0 aliphatic heterocycles. The fraction of sp³-hybridized carbons (Fsp3) is 1.00. The van der Waals surface area contributed by atoms with Gasteiger partial charge in [-0.2, -0.15) is 0 Å². The van der Waals surface area contributed by atoms with Gasteiger partial charge in [-0.25, -0.2) is 0 Å². The Morgan fingerprint density at radius 2 is 1.50 bits per heavy atom. The van der Waals surface area contributed by atoms with Crippen LogP contribution in [0.2, 0.25) is 0 Å². The molecule has 0 saturated carbocycles. The third-order valence-electron chi connectivity index (χ3n) is 1.65. The summed E-state index contributed by atoms with van der Waals surface area (Å²) in [5.41, 5.74) is 0. The highest BCUT2D eigenvalue weighted by atomic mass is 35.9. The van der Waals surface area contributed by atoms with E-state index in [1.807, 2.05) is 32.6 Å². The summed E-state index contributed by atoms with van der Waals surface area (Å²) in [6.45, 7) is 8.12. The standard InChI is InChI=1S/C7H16Cl2NOP/c1-6(2)10(7(3)4)5-12(8,9)11/h6-7H,5H2,1-4H3. The molecule has 2 nitrogen and oxygen atoms in total. The van der Waals surface area contributed by atoms with Crippen LogP contribution in [0.1, 0.15) is 27.7 Å². The van der Waals surface area contributed by atoms with Crippen LogP contribution in [0.15, 0.2) is 0 Å². The molecule has 0 N–H and O–H groups in total. The summed E-state index contributed by atoms with van der Waals surface area (Å²) in [4.78, 5) is 2.01. The van der Waals surface area contributed by atoms with Crippen LogP contribution >= 0.6 is 28.3 Å². The quantitative estimate of drug-likeness (QED) is 0.688. The molecule has 5 heteroatoms. The smallest absolute Gasteiger partial charge is 0.266 e. The van der Waals surface area contributed by atoms with E-state index in [0.717, 1.165) is 0 Å². The zero-order chi connectivity index (χ0) is 9.94. The van der Waals surface area contributed by atoms with E-state index in [9.17, 15) is 4.57 Å². The van der Waals surface area contributed by atoms with Gasteiger partial charge in [-0.1, -0.05) is 0 Å². The van der Waals surface area contributed by atoms with E-state index in [1.54, 1.807) is 0 Å². The fourth-order valence-corrected chi connectivity index (χ4v) is 2.89. The zero-order valence-electron chi connectivity index (χ0n) is 7.92. The Kier molecular flexibility index (Phi) is 5.17. The average Bonchev–Trinajstić information content (AvgIpc) is 1.79. The fourth-order valence-electron chi connectivity index (χ4n) is 1.11. The predicted molar refractivity (Wildman–Crippen MR) is 56.3 cm³/mol. The molecule has 12 heavy (non-hydrogen) atoms. The first kappa shape index (κ1) is 12.8. The molecule has 0 atom stereocenters. The van der Waals surface area contributed by atoms with Gasteiger partial charge in [-0.15, -0.1) is 0 Å². The van der Waals surface area contributed by atoms with Gasteiger partial charge in [0.1, 0.15) is 0 Å². The molecule has 0 fully saturated rings. The van der Waals surface area contributed by atoms with E-state index in [1.165, 1.54) is 0 Å². The van der Waals surface area contributed by atoms with Crippen molar-refractivity contribution in [2.24, 2.45) is 0 Å². The highest BCUT2D eigenvalue weighted by molar-refractivity contribution is 8.08. The van der Waals surface area contributed by atoms with Crippen molar-refractivity contribution in [2.45, 2.75) is 39.8 Å². The second kappa shape index (κ2) is 4.85. The first-order valence-electron chi connectivity index (χ1n) is 3.98. The van der Waals surface area contributed by atoms with E-state index < -0.39 is 5.85 Å². The number of halogens is 2. The molecule has 0 amide bonds. The van der Waals surface area contributed by atoms with Gasteiger partial charge in [0.15, 0.2) is 0 Å². The van der Waals surface area contributed by atoms with Crippen molar-refractivity contribution in [3.05, 3.63) is 0 Å². The lowest BCUT2D eigenvalue weighted by Crippen LogP contribution is -2.36. The lowest BCUT2D eigenvalue weighted by molar-refractivity contribution is 0.207. The van der Waals surface area contributed by atoms with Crippen LogP contribution in [0.4, 0.5) is 0 Å². The number of hydrogen-bond donors (Lipinski definition) is 0. The molecule has 74 valence electrons. The zero-order valence-corrected chi connectivity index (χ0v) is 10.3. The van der Waals surface area contributed by atoms with Gasteiger partial charge in [0, 0.05) is 12.1 Å². The van der Waals surface area contributed by atoms with Crippen molar-refractivity contribution in [3.8, 4) is 0 Å². The molecule has 0 aromatic heterocycles. The Labute approximate surface area is 84.2 Å². The van der Waals surface area contributed by atoms with Crippen molar-refractivity contribution in [2.75, 3.05) is 6.29 Å². The van der Waals surface area contributed by atoms with Gasteiger partial charge in [0.05, 0.1) is 6.29 Å². The van der Waals surface area contributed by atoms with Gasteiger partial charge in [0.25, 0.3) is 5.85 Å². The molecule has 0 radical (unpaired) electrons. The SMILES string of the molecule is CC(C)N(CP(=O)(Cl)Cl)C(C)C. The van der Waals surface area contributed by atoms with Gasteiger partial charge in [-0.3, -0.25) is 9.46 Å². The largest absolute Gasteiger partial charge is 0.289 e. The Morgan fingerprint density at radius 1 is 1.17 bits per heavy atom. The highest BCUT2D eigenvalue weighted by Crippen LogP contribution is 2.57. The van der Waals surface area contributed by atoms with E-state index in [4.69, 9.17) is 22.5 Å². The normalized spacial score (nSPS) is 13.4. The molecular weight excluding hydrogens is 216 g/mol. The van der Waals surface area contributed by atoms with Crippen molar-refractivity contribution in [1.29, 1.82) is 0 Å². The summed E-state index contributed by atoms with van der Waals surface area (Å²) in [5, 5.41) is 0. The summed E-state index contributed by atoms with van der Waals surface area (Å²) in [6.07, 6.45) is 0.269. The lowest BCUT2D eigenvalue weighted by Gasteiger charge is -2.30. The second-order valence-electron chi connectivity index (χ2n) is 3.41. The number of nitrogens with zero attached hydrogens (tertiary/aromatic N) is 1. The van der Waals surface area contributed by atoms with Crippen LogP contribution in [-0.4, -0.2) is 23.3 Å². The van der Waals surface area contributed by atoms with Crippen molar-refractivity contribution in [1.82, 2.24) is 4.90 Å². The Hall–Kier alpha value is 0.770. The Balaban J connectivity index is 4.25. The summed E-state index contributed by atoms with van der Waals surface area (Å²) in [7, 11) is 0. The first-order valence-corrected chi connectivity index (χ1v) is 7.68. The van der Waals surface area contributed by atoms with Crippen LogP contribution in [0.3, 0.4) is 0 Å². The summed E-state index contributed by atoms with van der Waals surface area (Å²) in [6, 6.07) is 0.631. The summed E-state index contributed by atoms with van der Waals surface area (Å²) < 4.78 is 11.1. The van der Waals surface area contributed by atoms with Crippen molar-refractivity contribution >= 4 is 28.3 Å². The maximum Gasteiger partial charge on any atom is 0.266 e. The second-order valence-corrected chi connectivity index (χ2v) is 8.63. The molecule has 0 heterocycles. The Bertz CT molecular complexity index is 170. The Morgan fingerprint density at radius 3 is 1.58 bits per heavy atom. The van der Waals surface area contributed by atoms with E-state index in [0.29, 0.717) is 12.1 Å². The summed E-state index contributed by atoms with van der Waals surface area (Å²) >= 11 is 11.0. The van der Waals surface area contributed by atoms with Gasteiger partial charge >= 0.3 is 0 Å². The lowest BCUT2D eigenvalue weighted by atomic mass is 10.2. The molecule has 0 aliphatic rings. The van der Waals surface area contributed by atoms with Crippen LogP contribution in [0.5, 0.6) is 0 Å². The van der Waals surface area contributed by atoms with E-state index in [2.05, 4.69) is 0 Å². The van der Waals surface area contributed by atoms with E-state index >= 15 is 0 Å². The van der Waals surface area contributed by atoms with Crippen LogP contribution in [-0.2, 0) is 4.57 Å². The van der Waals surface area contributed by atoms with Gasteiger partial charge in [-0.05, 0) is 50.2 Å². The molecule has 0 rings (SSSR count). The molecule has 0 saturated heterocycles. The van der Waals surface area contributed by atoms with Crippen LogP contribution in [0, 0.1) is 0 Å². The topological polar surface area (TPSA) is 20.3 Å². The minimum atomic E-state index is -2.96. The minimum Gasteiger partial charge on any atom is -0.289 e. The molecule has 0 bridgehead atoms. The first-order chi connectivity index (χ1) is 5.24. The molecular formula is C7H16Cl2NOP. The highest BCUT2D eigenvalue weighted by Gasteiger charge is 2.23. The number of rotatable bonds is 4. The van der Waals surface area contributed by atoms with Crippen molar-refractivity contribution in [3.63, 3.8) is 0 Å². The third-order valence-corrected chi connectivity index (χ3v) is 2.95. The maximum absolute atomic E-state index is 11.1. The van der Waals surface area contributed by atoms with Crippen molar-refractivity contribution < 1.29 is 4.57 Å². The molecule has 0 aromatic carbocycles. The van der Waals surface area contributed by atoms with Crippen LogP contribution < -0.4 is 0 Å². The monoisotopic (exact) mass is 231 g/mol. The molecule has 0 aromatic rings. The molecule has 0 aliphatic carbocycles. The van der Waals surface area contributed by atoms with Crippen LogP contribution in [0.25, 0.3) is 0 Å². The minimum absolute atomic E-state index is 0.269. The number of hydrogen-bond acceptors (Lipinski definition) is 2. The predicted octanol–water partition coefficient (Wildman–Crippen LogP) is 3.73. The maximum atomic E-state index is 11.1. The van der Waals surface area contributed by atoms with Gasteiger partial charge < -0.3 is 0 Å².